The molecule has 0 heteroatoms. The third-order valence-electron chi connectivity index (χ3n) is 8.86. The Bertz CT molecular complexity index is 2330. The highest BCUT2D eigenvalue weighted by atomic mass is 14.3. The van der Waals surface area contributed by atoms with Crippen molar-refractivity contribution < 1.29 is 0 Å². The highest BCUT2D eigenvalue weighted by Crippen LogP contribution is 2.54. The molecule has 0 unspecified atom stereocenters. The van der Waals surface area contributed by atoms with Gasteiger partial charge in [-0.1, -0.05) is 109 Å². The number of hydrogen-bond donors (Lipinski definition) is 0. The van der Waals surface area contributed by atoms with Crippen LogP contribution < -0.4 is 0 Å². The molecule has 0 aliphatic heterocycles. The van der Waals surface area contributed by atoms with Gasteiger partial charge >= 0.3 is 0 Å². The van der Waals surface area contributed by atoms with E-state index in [1.54, 1.807) is 0 Å². The number of hydrogen-bond acceptors (Lipinski definition) is 0. The molecule has 0 aromatic heterocycles. The molecule has 0 N–H and O–H groups in total. The van der Waals surface area contributed by atoms with Crippen LogP contribution in [0.4, 0.5) is 0 Å². The van der Waals surface area contributed by atoms with Gasteiger partial charge in [-0.15, -0.1) is 0 Å². The van der Waals surface area contributed by atoms with Gasteiger partial charge in [0.15, 0.2) is 0 Å². The Kier molecular flexibility index (Phi) is 2.83. The second-order valence-electron chi connectivity index (χ2n) is 10.4. The minimum Gasteiger partial charge on any atom is -0.0616 e. The van der Waals surface area contributed by atoms with E-state index in [1.165, 1.54) is 97.0 Å². The van der Waals surface area contributed by atoms with Gasteiger partial charge < -0.3 is 0 Å². The Labute approximate surface area is 206 Å². The number of benzene rings is 10. The van der Waals surface area contributed by atoms with Crippen molar-refractivity contribution in [3.05, 3.63) is 109 Å². The minimum atomic E-state index is 1.33. The zero-order valence-electron chi connectivity index (χ0n) is 19.4. The molecule has 0 bridgehead atoms. The fourth-order valence-electron chi connectivity index (χ4n) is 7.57. The van der Waals surface area contributed by atoms with Crippen LogP contribution in [0.25, 0.3) is 97.0 Å². The summed E-state index contributed by atoms with van der Waals surface area (Å²) in [5.41, 5.74) is 0. The minimum absolute atomic E-state index is 1.33. The third kappa shape index (κ3) is 1.77. The fourth-order valence-corrected chi connectivity index (χ4v) is 7.57. The van der Waals surface area contributed by atoms with E-state index in [1.807, 2.05) is 0 Å². The predicted molar refractivity (Wildman–Crippen MR) is 158 cm³/mol. The molecule has 10 rings (SSSR count). The molecule has 0 radical (unpaired) electrons. The van der Waals surface area contributed by atoms with E-state index in [2.05, 4.69) is 109 Å². The Balaban J connectivity index is 1.80. The van der Waals surface area contributed by atoms with E-state index in [9.17, 15) is 0 Å². The summed E-state index contributed by atoms with van der Waals surface area (Å²) in [5.74, 6) is 0. The predicted octanol–water partition coefficient (Wildman–Crippen LogP) is 10.4. The van der Waals surface area contributed by atoms with E-state index in [-0.39, 0.29) is 0 Å². The van der Waals surface area contributed by atoms with Crippen LogP contribution in [-0.2, 0) is 0 Å². The molecule has 10 aromatic carbocycles. The molecule has 0 atom stereocenters. The molecule has 0 fully saturated rings. The lowest BCUT2D eigenvalue weighted by Crippen LogP contribution is -1.96. The van der Waals surface area contributed by atoms with Crippen molar-refractivity contribution in [3.8, 4) is 0 Å². The first-order valence-electron chi connectivity index (χ1n) is 12.7. The summed E-state index contributed by atoms with van der Waals surface area (Å²) in [7, 11) is 0. The summed E-state index contributed by atoms with van der Waals surface area (Å²) >= 11 is 0. The van der Waals surface area contributed by atoms with Crippen molar-refractivity contribution in [2.24, 2.45) is 0 Å². The van der Waals surface area contributed by atoms with Crippen molar-refractivity contribution in [1.82, 2.24) is 0 Å². The summed E-state index contributed by atoms with van der Waals surface area (Å²) in [5, 5.41) is 24.9. The van der Waals surface area contributed by atoms with Crippen molar-refractivity contribution in [2.75, 3.05) is 0 Å². The molecule has 0 saturated carbocycles. The van der Waals surface area contributed by atoms with Crippen LogP contribution in [0.1, 0.15) is 0 Å². The Morgan fingerprint density at radius 3 is 0.917 bits per heavy atom. The van der Waals surface area contributed by atoms with Crippen LogP contribution in [0, 0.1) is 0 Å². The molecule has 0 spiro atoms. The maximum atomic E-state index is 2.36. The topological polar surface area (TPSA) is 0 Å². The summed E-state index contributed by atoms with van der Waals surface area (Å²) in [4.78, 5) is 0. The first kappa shape index (κ1) is 17.7. The molecular formula is C36H18. The van der Waals surface area contributed by atoms with Gasteiger partial charge in [-0.25, -0.2) is 0 Å². The molecule has 36 heavy (non-hydrogen) atoms. The first-order valence-corrected chi connectivity index (χ1v) is 12.7. The molecule has 0 nitrogen and oxygen atoms in total. The van der Waals surface area contributed by atoms with Crippen LogP contribution in [0.15, 0.2) is 109 Å². The lowest BCUT2D eigenvalue weighted by molar-refractivity contribution is 1.79. The van der Waals surface area contributed by atoms with E-state index >= 15 is 0 Å². The molecule has 0 saturated heterocycles. The largest absolute Gasteiger partial charge is 0.0616 e. The van der Waals surface area contributed by atoms with Crippen molar-refractivity contribution in [3.63, 3.8) is 0 Å². The highest BCUT2D eigenvalue weighted by Gasteiger charge is 2.25. The normalized spacial score (nSPS) is 13.0. The van der Waals surface area contributed by atoms with Crippen molar-refractivity contribution >= 4 is 97.0 Å². The quantitative estimate of drug-likeness (QED) is 0.159. The molecule has 0 aliphatic rings. The van der Waals surface area contributed by atoms with Crippen LogP contribution in [0.2, 0.25) is 0 Å². The molecule has 0 aliphatic carbocycles. The monoisotopic (exact) mass is 450 g/mol. The summed E-state index contributed by atoms with van der Waals surface area (Å²) in [6.07, 6.45) is 0. The fraction of sp³-hybridized carbons (Fsp3) is 0. The van der Waals surface area contributed by atoms with Crippen molar-refractivity contribution in [2.45, 2.75) is 0 Å². The summed E-state index contributed by atoms with van der Waals surface area (Å²) in [6, 6.07) is 41.1. The SMILES string of the molecule is c1ccc2c(c1)c1ccc3ccc4ccc5c6ccccc6c6c7ccccc7c2c2c1c3c4c5c62. The van der Waals surface area contributed by atoms with Crippen LogP contribution in [0.3, 0.4) is 0 Å². The van der Waals surface area contributed by atoms with Gasteiger partial charge in [-0.3, -0.25) is 0 Å². The van der Waals surface area contributed by atoms with Gasteiger partial charge in [0.05, 0.1) is 0 Å². The molecule has 0 amide bonds. The molecule has 0 heterocycles. The number of rotatable bonds is 0. The van der Waals surface area contributed by atoms with Gasteiger partial charge in [-0.2, -0.15) is 0 Å². The van der Waals surface area contributed by atoms with Gasteiger partial charge in [0, 0.05) is 0 Å². The highest BCUT2D eigenvalue weighted by molar-refractivity contribution is 6.54. The van der Waals surface area contributed by atoms with E-state index in [4.69, 9.17) is 0 Å². The lowest BCUT2D eigenvalue weighted by atomic mass is 9.78. The standard InChI is InChI=1S/C36H18/c1-3-9-23-21(7-1)27-17-15-19-13-14-20-16-18-28-22-8-2-4-10-24(22)32-26-12-6-5-11-25(26)31(23)35-33(27)29(19)30(20)34(28)36(32)35/h1-18H. The van der Waals surface area contributed by atoms with E-state index in [0.29, 0.717) is 0 Å². The summed E-state index contributed by atoms with van der Waals surface area (Å²) < 4.78 is 0. The maximum absolute atomic E-state index is 2.36. The van der Waals surface area contributed by atoms with E-state index < -0.39 is 0 Å². The second-order valence-corrected chi connectivity index (χ2v) is 10.4. The average molecular weight is 451 g/mol. The Morgan fingerprint density at radius 1 is 0.194 bits per heavy atom. The van der Waals surface area contributed by atoms with Crippen LogP contribution in [0.5, 0.6) is 0 Å². The lowest BCUT2D eigenvalue weighted by Gasteiger charge is -2.25. The van der Waals surface area contributed by atoms with Gasteiger partial charge in [0.1, 0.15) is 0 Å². The molecular weight excluding hydrogens is 432 g/mol. The van der Waals surface area contributed by atoms with Gasteiger partial charge in [-0.05, 0) is 97.0 Å². The second kappa shape index (κ2) is 5.75. The zero-order chi connectivity index (χ0) is 23.1. The first-order chi connectivity index (χ1) is 17.9. The Hall–Kier alpha value is -4.68. The third-order valence-corrected chi connectivity index (χ3v) is 8.86. The number of fused-ring (bicyclic) bond motifs is 9. The average Bonchev–Trinajstić information content (AvgIpc) is 2.95. The Morgan fingerprint density at radius 2 is 0.500 bits per heavy atom. The van der Waals surface area contributed by atoms with Crippen LogP contribution in [-0.4, -0.2) is 0 Å². The van der Waals surface area contributed by atoms with Gasteiger partial charge in [0.2, 0.25) is 0 Å². The van der Waals surface area contributed by atoms with Crippen LogP contribution >= 0.6 is 0 Å². The smallest absolute Gasteiger partial charge is 0.0000710 e. The zero-order valence-corrected chi connectivity index (χ0v) is 19.4. The molecule has 10 aromatic rings. The van der Waals surface area contributed by atoms with Crippen molar-refractivity contribution in [1.29, 1.82) is 0 Å². The maximum Gasteiger partial charge on any atom is -0.0000710 e. The summed E-state index contributed by atoms with van der Waals surface area (Å²) in [6.45, 7) is 0. The van der Waals surface area contributed by atoms with E-state index in [0.717, 1.165) is 0 Å². The van der Waals surface area contributed by atoms with Gasteiger partial charge in [0.25, 0.3) is 0 Å². The molecule has 162 valence electrons.